The van der Waals surface area contributed by atoms with E-state index >= 15 is 0 Å². The van der Waals surface area contributed by atoms with E-state index in [1.54, 1.807) is 6.07 Å². The molecule has 0 fully saturated rings. The minimum atomic E-state index is 0.287. The quantitative estimate of drug-likeness (QED) is 0.416. The maximum atomic E-state index is 12.7. The molecule has 0 unspecified atom stereocenters. The Labute approximate surface area is 159 Å². The molecule has 0 bridgehead atoms. The second kappa shape index (κ2) is 8.68. The van der Waals surface area contributed by atoms with Crippen molar-refractivity contribution in [2.75, 3.05) is 0 Å². The molecule has 0 saturated heterocycles. The highest BCUT2D eigenvalue weighted by Gasteiger charge is 2.04. The summed E-state index contributed by atoms with van der Waals surface area (Å²) in [7, 11) is 0. The fourth-order valence-electron chi connectivity index (χ4n) is 2.99. The first kappa shape index (κ1) is 18.2. The van der Waals surface area contributed by atoms with Crippen molar-refractivity contribution in [1.29, 1.82) is 0 Å². The van der Waals surface area contributed by atoms with Gasteiger partial charge in [0.05, 0.1) is 12.1 Å². The van der Waals surface area contributed by atoms with Gasteiger partial charge in [-0.15, -0.1) is 0 Å². The molecule has 0 radical (unpaired) electrons. The van der Waals surface area contributed by atoms with Crippen molar-refractivity contribution < 1.29 is 3.89 Å². The van der Waals surface area contributed by atoms with Crippen LogP contribution in [-0.2, 0) is 6.42 Å². The molecule has 26 heavy (non-hydrogen) atoms. The summed E-state index contributed by atoms with van der Waals surface area (Å²) in [5.41, 5.74) is 6.83. The highest BCUT2D eigenvalue weighted by Crippen LogP contribution is 2.24. The van der Waals surface area contributed by atoms with E-state index in [2.05, 4.69) is 56.0 Å². The number of benzene rings is 3. The van der Waals surface area contributed by atoms with Crippen molar-refractivity contribution >= 4 is 23.8 Å². The lowest BCUT2D eigenvalue weighted by Gasteiger charge is -2.09. The molecule has 0 aliphatic carbocycles. The van der Waals surface area contributed by atoms with Crippen LogP contribution in [-0.4, -0.2) is 0 Å². The van der Waals surface area contributed by atoms with Crippen molar-refractivity contribution in [2.45, 2.75) is 18.2 Å². The molecular weight excluding hydrogens is 339 g/mol. The summed E-state index contributed by atoms with van der Waals surface area (Å²) in [5, 5.41) is 0. The molecule has 0 atom stereocenters. The summed E-state index contributed by atoms with van der Waals surface area (Å²) >= 11 is 0.287. The summed E-state index contributed by atoms with van der Waals surface area (Å²) in [4.78, 5) is 0.648. The predicted molar refractivity (Wildman–Crippen MR) is 112 cm³/mol. The van der Waals surface area contributed by atoms with Gasteiger partial charge in [0.2, 0.25) is 0 Å². The molecule has 0 aromatic heterocycles. The van der Waals surface area contributed by atoms with Crippen LogP contribution in [0.1, 0.15) is 27.8 Å². The average Bonchev–Trinajstić information content (AvgIpc) is 2.67. The van der Waals surface area contributed by atoms with Gasteiger partial charge in [0.15, 0.2) is 0 Å². The zero-order valence-electron chi connectivity index (χ0n) is 14.8. The van der Waals surface area contributed by atoms with Crippen LogP contribution in [0.3, 0.4) is 0 Å². The minimum Gasteiger partial charge on any atom is -0.160 e. The minimum absolute atomic E-state index is 0.287. The molecule has 3 aromatic rings. The first-order valence-electron chi connectivity index (χ1n) is 8.55. The Morgan fingerprint density at radius 3 is 2.46 bits per heavy atom. The maximum Gasteiger partial charge on any atom is 0.0812 e. The summed E-state index contributed by atoms with van der Waals surface area (Å²) in [5.74, 6) is 0. The predicted octanol–water partition coefficient (Wildman–Crippen LogP) is 7.29. The lowest BCUT2D eigenvalue weighted by molar-refractivity contribution is 0.933. The number of hydrogen-bond acceptors (Lipinski definition) is 1. The highest BCUT2D eigenvalue weighted by atomic mass is 32.2. The van der Waals surface area contributed by atoms with Crippen LogP contribution >= 0.6 is 12.1 Å². The maximum absolute atomic E-state index is 12.7. The van der Waals surface area contributed by atoms with Gasteiger partial charge in [0, 0.05) is 4.90 Å². The van der Waals surface area contributed by atoms with Gasteiger partial charge in [-0.3, -0.25) is 0 Å². The van der Waals surface area contributed by atoms with Crippen LogP contribution in [0.4, 0.5) is 3.89 Å². The number of aryl methyl sites for hydroxylation is 1. The van der Waals surface area contributed by atoms with E-state index in [1.165, 1.54) is 11.1 Å². The Morgan fingerprint density at radius 1 is 0.962 bits per heavy atom. The van der Waals surface area contributed by atoms with Crippen LogP contribution in [0.15, 0.2) is 90.3 Å². The van der Waals surface area contributed by atoms with E-state index < -0.39 is 0 Å². The lowest BCUT2D eigenvalue weighted by Crippen LogP contribution is -1.92. The van der Waals surface area contributed by atoms with Gasteiger partial charge < -0.3 is 0 Å². The fraction of sp³-hybridized carbons (Fsp3) is 0.0833. The van der Waals surface area contributed by atoms with Crippen molar-refractivity contribution in [3.63, 3.8) is 0 Å². The lowest BCUT2D eigenvalue weighted by atomic mass is 9.96. The zero-order valence-corrected chi connectivity index (χ0v) is 15.6. The van der Waals surface area contributed by atoms with Crippen molar-refractivity contribution in [2.24, 2.45) is 0 Å². The second-order valence-electron chi connectivity index (χ2n) is 6.32. The van der Waals surface area contributed by atoms with Crippen LogP contribution in [0.2, 0.25) is 0 Å². The van der Waals surface area contributed by atoms with Crippen molar-refractivity contribution in [3.8, 4) is 0 Å². The number of rotatable bonds is 6. The third kappa shape index (κ3) is 4.74. The van der Waals surface area contributed by atoms with Gasteiger partial charge in [-0.1, -0.05) is 79.4 Å². The third-order valence-corrected chi connectivity index (χ3v) is 4.74. The molecule has 0 spiro atoms. The normalized spacial score (nSPS) is 11.0. The summed E-state index contributed by atoms with van der Waals surface area (Å²) in [6.45, 7) is 6.31. The zero-order chi connectivity index (χ0) is 18.4. The Balaban J connectivity index is 1.74. The first-order valence-corrected chi connectivity index (χ1v) is 9.27. The van der Waals surface area contributed by atoms with Gasteiger partial charge in [-0.25, -0.2) is 0 Å². The molecular formula is C24H21FS. The van der Waals surface area contributed by atoms with Gasteiger partial charge in [-0.05, 0) is 58.9 Å². The molecule has 0 N–H and O–H groups in total. The van der Waals surface area contributed by atoms with Crippen LogP contribution in [0, 0.1) is 6.92 Å². The van der Waals surface area contributed by atoms with E-state index in [4.69, 9.17) is 0 Å². The van der Waals surface area contributed by atoms with Crippen LogP contribution in [0.25, 0.3) is 11.6 Å². The SMILES string of the molecule is C=C(/C=C/c1ccccc1)c1ccc(Cc2cccc(SF)c2)cc1C. The van der Waals surface area contributed by atoms with Gasteiger partial charge in [0.25, 0.3) is 0 Å². The Hall–Kier alpha value is -2.58. The topological polar surface area (TPSA) is 0 Å². The first-order chi connectivity index (χ1) is 12.7. The van der Waals surface area contributed by atoms with Crippen molar-refractivity contribution in [3.05, 3.63) is 113 Å². The number of hydrogen-bond donors (Lipinski definition) is 0. The van der Waals surface area contributed by atoms with Gasteiger partial charge in [-0.2, -0.15) is 3.89 Å². The largest absolute Gasteiger partial charge is 0.160 e. The monoisotopic (exact) mass is 360 g/mol. The molecule has 0 nitrogen and oxygen atoms in total. The Morgan fingerprint density at radius 2 is 1.73 bits per heavy atom. The number of allylic oxidation sites excluding steroid dienone is 2. The van der Waals surface area contributed by atoms with E-state index in [1.807, 2.05) is 36.4 Å². The molecule has 130 valence electrons. The molecule has 0 aliphatic heterocycles. The number of halogens is 1. The molecule has 3 aromatic carbocycles. The Kier molecular flexibility index (Phi) is 6.08. The van der Waals surface area contributed by atoms with Crippen LogP contribution in [0.5, 0.6) is 0 Å². The second-order valence-corrected chi connectivity index (χ2v) is 6.95. The van der Waals surface area contributed by atoms with E-state index in [-0.39, 0.29) is 12.1 Å². The van der Waals surface area contributed by atoms with E-state index in [9.17, 15) is 3.89 Å². The van der Waals surface area contributed by atoms with Crippen LogP contribution < -0.4 is 0 Å². The third-order valence-electron chi connectivity index (χ3n) is 4.31. The summed E-state index contributed by atoms with van der Waals surface area (Å²) in [6.07, 6.45) is 4.93. The van der Waals surface area contributed by atoms with E-state index in [0.717, 1.165) is 28.7 Å². The molecule has 2 heteroatoms. The Bertz CT molecular complexity index is 926. The molecule has 0 amide bonds. The summed E-state index contributed by atoms with van der Waals surface area (Å²) in [6, 6.07) is 24.3. The van der Waals surface area contributed by atoms with Gasteiger partial charge >= 0.3 is 0 Å². The van der Waals surface area contributed by atoms with Gasteiger partial charge in [0.1, 0.15) is 0 Å². The molecule has 3 rings (SSSR count). The smallest absolute Gasteiger partial charge is 0.0812 e. The fourth-order valence-corrected chi connectivity index (χ4v) is 3.31. The van der Waals surface area contributed by atoms with Crippen molar-refractivity contribution in [1.82, 2.24) is 0 Å². The molecule has 0 aliphatic rings. The average molecular weight is 360 g/mol. The standard InChI is InChI=1S/C24H21FS/c1-18(11-12-20-7-4-3-5-8-20)24-14-13-22(15-19(24)2)16-21-9-6-10-23(17-21)26-25/h3-15,17H,1,16H2,2H3/b12-11+. The molecule has 0 heterocycles. The van der Waals surface area contributed by atoms with E-state index in [0.29, 0.717) is 4.90 Å². The highest BCUT2D eigenvalue weighted by molar-refractivity contribution is 7.94. The summed E-state index contributed by atoms with van der Waals surface area (Å²) < 4.78 is 12.7. The molecule has 0 saturated carbocycles.